The molecule has 0 saturated heterocycles. The quantitative estimate of drug-likeness (QED) is 0.278. The van der Waals surface area contributed by atoms with Crippen LogP contribution in [0.2, 0.25) is 0 Å². The minimum Gasteiger partial charge on any atom is -0.469 e. The smallest absolute Gasteiger partial charge is 0.305 e. The van der Waals surface area contributed by atoms with Gasteiger partial charge >= 0.3 is 5.97 Å². The van der Waals surface area contributed by atoms with E-state index in [1.165, 1.54) is 19.2 Å². The number of esters is 1. The Labute approximate surface area is 150 Å². The highest BCUT2D eigenvalue weighted by atomic mass is 19.1. The largest absolute Gasteiger partial charge is 0.469 e. The first-order valence-corrected chi connectivity index (χ1v) is 8.99. The third kappa shape index (κ3) is 10.4. The van der Waals surface area contributed by atoms with Crippen molar-refractivity contribution in [2.24, 2.45) is 4.99 Å². The van der Waals surface area contributed by atoms with Gasteiger partial charge in [-0.3, -0.25) is 9.79 Å². The minimum absolute atomic E-state index is 0.141. The predicted octanol–water partition coefficient (Wildman–Crippen LogP) is 3.05. The normalized spacial score (nSPS) is 11.2. The van der Waals surface area contributed by atoms with Crippen molar-refractivity contribution in [2.75, 3.05) is 26.7 Å². The number of ether oxygens (including phenoxy) is 1. The number of hydrogen-bond donors (Lipinski definition) is 2. The molecule has 1 aromatic rings. The predicted molar refractivity (Wildman–Crippen MR) is 99.2 cm³/mol. The van der Waals surface area contributed by atoms with Gasteiger partial charge in [0.1, 0.15) is 5.82 Å². The zero-order chi connectivity index (χ0) is 18.3. The van der Waals surface area contributed by atoms with Crippen molar-refractivity contribution in [1.29, 1.82) is 0 Å². The van der Waals surface area contributed by atoms with E-state index in [1.807, 2.05) is 6.92 Å². The second-order valence-corrected chi connectivity index (χ2v) is 5.80. The van der Waals surface area contributed by atoms with Crippen molar-refractivity contribution in [2.45, 2.75) is 45.4 Å². The van der Waals surface area contributed by atoms with Gasteiger partial charge in [0.2, 0.25) is 0 Å². The van der Waals surface area contributed by atoms with Crippen LogP contribution in [0.25, 0.3) is 0 Å². The van der Waals surface area contributed by atoms with Crippen molar-refractivity contribution in [3.63, 3.8) is 0 Å². The van der Waals surface area contributed by atoms with Gasteiger partial charge in [0.25, 0.3) is 0 Å². The van der Waals surface area contributed by atoms with E-state index in [1.54, 1.807) is 12.1 Å². The van der Waals surface area contributed by atoms with Gasteiger partial charge in [-0.05, 0) is 43.9 Å². The Morgan fingerprint density at radius 1 is 1.12 bits per heavy atom. The third-order valence-corrected chi connectivity index (χ3v) is 3.75. The Balaban J connectivity index is 2.20. The van der Waals surface area contributed by atoms with Crippen LogP contribution in [0.1, 0.15) is 44.6 Å². The summed E-state index contributed by atoms with van der Waals surface area (Å²) in [5, 5.41) is 6.51. The Kier molecular flexibility index (Phi) is 11.1. The lowest BCUT2D eigenvalue weighted by Crippen LogP contribution is -2.38. The maximum Gasteiger partial charge on any atom is 0.305 e. The summed E-state index contributed by atoms with van der Waals surface area (Å²) < 4.78 is 17.5. The van der Waals surface area contributed by atoms with E-state index in [-0.39, 0.29) is 11.8 Å². The van der Waals surface area contributed by atoms with Crippen molar-refractivity contribution < 1.29 is 13.9 Å². The van der Waals surface area contributed by atoms with Crippen molar-refractivity contribution in [3.8, 4) is 0 Å². The minimum atomic E-state index is -0.210. The number of nitrogens with one attached hydrogen (secondary N) is 2. The van der Waals surface area contributed by atoms with Crippen LogP contribution in [0.3, 0.4) is 0 Å². The zero-order valence-electron chi connectivity index (χ0n) is 15.3. The number of methoxy groups -OCH3 is 1. The van der Waals surface area contributed by atoms with Crippen LogP contribution >= 0.6 is 0 Å². The highest BCUT2D eigenvalue weighted by molar-refractivity contribution is 5.79. The molecule has 0 atom stereocenters. The number of guanidine groups is 1. The van der Waals surface area contributed by atoms with Crippen LogP contribution in [0, 0.1) is 5.82 Å². The molecule has 1 rings (SSSR count). The van der Waals surface area contributed by atoms with Crippen molar-refractivity contribution in [1.82, 2.24) is 10.6 Å². The SMILES string of the molecule is CCNC(=NCCCCCCC(=O)OC)NCCc1ccc(F)cc1. The standard InChI is InChI=1S/C19H30FN3O2/c1-3-21-19(22-14-7-5-4-6-8-18(24)25-2)23-15-13-16-9-11-17(20)12-10-16/h9-12H,3-8,13-15H2,1-2H3,(H2,21,22,23). The molecule has 0 aliphatic heterocycles. The summed E-state index contributed by atoms with van der Waals surface area (Å²) in [5.74, 6) is 0.454. The molecule has 0 aliphatic rings. The number of aliphatic imine (C=N–C) groups is 1. The highest BCUT2D eigenvalue weighted by Gasteiger charge is 2.00. The molecule has 0 amide bonds. The molecule has 0 aliphatic carbocycles. The fourth-order valence-corrected chi connectivity index (χ4v) is 2.35. The number of hydrogen-bond acceptors (Lipinski definition) is 3. The lowest BCUT2D eigenvalue weighted by atomic mass is 10.1. The maximum absolute atomic E-state index is 12.9. The van der Waals surface area contributed by atoms with Gasteiger partial charge in [0.05, 0.1) is 7.11 Å². The average molecular weight is 351 g/mol. The molecule has 6 heteroatoms. The summed E-state index contributed by atoms with van der Waals surface area (Å²) in [6, 6.07) is 6.56. The topological polar surface area (TPSA) is 62.7 Å². The second-order valence-electron chi connectivity index (χ2n) is 5.80. The fraction of sp³-hybridized carbons (Fsp3) is 0.579. The van der Waals surface area contributed by atoms with Gasteiger partial charge in [-0.15, -0.1) is 0 Å². The van der Waals surface area contributed by atoms with E-state index in [0.717, 1.165) is 63.3 Å². The first-order valence-electron chi connectivity index (χ1n) is 8.99. The molecule has 25 heavy (non-hydrogen) atoms. The number of carbonyl (C=O) groups excluding carboxylic acids is 1. The molecule has 0 spiro atoms. The van der Waals surface area contributed by atoms with Gasteiger partial charge in [-0.25, -0.2) is 4.39 Å². The van der Waals surface area contributed by atoms with Gasteiger partial charge in [0.15, 0.2) is 5.96 Å². The first-order chi connectivity index (χ1) is 12.2. The molecule has 0 fully saturated rings. The van der Waals surface area contributed by atoms with E-state index >= 15 is 0 Å². The summed E-state index contributed by atoms with van der Waals surface area (Å²) in [7, 11) is 1.42. The molecule has 0 heterocycles. The van der Waals surface area contributed by atoms with E-state index in [9.17, 15) is 9.18 Å². The molecule has 5 nitrogen and oxygen atoms in total. The van der Waals surface area contributed by atoms with Crippen LogP contribution in [0.15, 0.2) is 29.3 Å². The number of carbonyl (C=O) groups is 1. The molecule has 0 bridgehead atoms. The third-order valence-electron chi connectivity index (χ3n) is 3.75. The molecule has 0 aromatic heterocycles. The Bertz CT molecular complexity index is 518. The average Bonchev–Trinajstić information content (AvgIpc) is 2.62. The molecule has 0 unspecified atom stereocenters. The van der Waals surface area contributed by atoms with E-state index in [2.05, 4.69) is 20.4 Å². The molecule has 2 N–H and O–H groups in total. The van der Waals surface area contributed by atoms with E-state index in [0.29, 0.717) is 6.42 Å². The zero-order valence-corrected chi connectivity index (χ0v) is 15.3. The lowest BCUT2D eigenvalue weighted by molar-refractivity contribution is -0.140. The summed E-state index contributed by atoms with van der Waals surface area (Å²) in [6.07, 6.45) is 5.24. The first kappa shape index (κ1) is 20.9. The molecule has 0 radical (unpaired) electrons. The van der Waals surface area contributed by atoms with Crippen molar-refractivity contribution in [3.05, 3.63) is 35.6 Å². The van der Waals surface area contributed by atoms with E-state index < -0.39 is 0 Å². The Morgan fingerprint density at radius 2 is 1.84 bits per heavy atom. The van der Waals surface area contributed by atoms with Gasteiger partial charge in [0, 0.05) is 26.1 Å². The molecule has 140 valence electrons. The molecular formula is C19H30FN3O2. The number of halogens is 1. The number of benzene rings is 1. The van der Waals surface area contributed by atoms with E-state index in [4.69, 9.17) is 0 Å². The second kappa shape index (κ2) is 13.2. The van der Waals surface area contributed by atoms with Gasteiger partial charge in [-0.2, -0.15) is 0 Å². The summed E-state index contributed by atoms with van der Waals surface area (Å²) >= 11 is 0. The molecular weight excluding hydrogens is 321 g/mol. The Morgan fingerprint density at radius 3 is 2.52 bits per heavy atom. The Hall–Kier alpha value is -2.11. The maximum atomic E-state index is 12.9. The van der Waals surface area contributed by atoms with Gasteiger partial charge in [-0.1, -0.05) is 25.0 Å². The summed E-state index contributed by atoms with van der Waals surface area (Å²) in [4.78, 5) is 15.6. The monoisotopic (exact) mass is 351 g/mol. The number of nitrogens with zero attached hydrogens (tertiary/aromatic N) is 1. The lowest BCUT2D eigenvalue weighted by Gasteiger charge is -2.11. The van der Waals surface area contributed by atoms with Crippen LogP contribution in [0.4, 0.5) is 4.39 Å². The molecule has 0 saturated carbocycles. The number of rotatable bonds is 11. The van der Waals surface area contributed by atoms with Crippen LogP contribution in [-0.4, -0.2) is 38.7 Å². The van der Waals surface area contributed by atoms with Crippen LogP contribution in [0.5, 0.6) is 0 Å². The van der Waals surface area contributed by atoms with Gasteiger partial charge < -0.3 is 15.4 Å². The number of unbranched alkanes of at least 4 members (excludes halogenated alkanes) is 3. The van der Waals surface area contributed by atoms with Crippen LogP contribution in [-0.2, 0) is 16.0 Å². The molecule has 1 aromatic carbocycles. The highest BCUT2D eigenvalue weighted by Crippen LogP contribution is 2.04. The van der Waals surface area contributed by atoms with Crippen LogP contribution < -0.4 is 10.6 Å². The fourth-order valence-electron chi connectivity index (χ4n) is 2.35. The summed E-state index contributed by atoms with van der Waals surface area (Å²) in [6.45, 7) is 4.34. The van der Waals surface area contributed by atoms with Crippen molar-refractivity contribution >= 4 is 11.9 Å². The summed E-state index contributed by atoms with van der Waals surface area (Å²) in [5.41, 5.74) is 1.09.